The standard InChI is InChI=1S/C16H28N2O3/c1-15(2)12(16(15,3)4)10-17-14(21)18-7-5-11(6-8-18)9-13(19)20/h11-12H,5-10H2,1-4H3,(H,17,21)(H,19,20). The molecule has 0 spiro atoms. The molecule has 1 aliphatic heterocycles. The Morgan fingerprint density at radius 1 is 1.14 bits per heavy atom. The first kappa shape index (κ1) is 16.1. The van der Waals surface area contributed by atoms with Gasteiger partial charge in [0.15, 0.2) is 0 Å². The molecule has 2 aliphatic rings. The smallest absolute Gasteiger partial charge is 0.317 e. The molecule has 5 heteroatoms. The molecule has 5 nitrogen and oxygen atoms in total. The van der Waals surface area contributed by atoms with E-state index in [4.69, 9.17) is 5.11 Å². The normalized spacial score (nSPS) is 24.7. The fourth-order valence-corrected chi connectivity index (χ4v) is 3.73. The number of nitrogens with zero attached hydrogens (tertiary/aromatic N) is 1. The summed E-state index contributed by atoms with van der Waals surface area (Å²) in [5.41, 5.74) is 0.573. The molecule has 1 saturated carbocycles. The Labute approximate surface area is 127 Å². The van der Waals surface area contributed by atoms with Crippen LogP contribution in [0.1, 0.15) is 47.0 Å². The fourth-order valence-electron chi connectivity index (χ4n) is 3.73. The van der Waals surface area contributed by atoms with E-state index in [1.54, 1.807) is 0 Å². The summed E-state index contributed by atoms with van der Waals surface area (Å²) in [4.78, 5) is 24.7. The van der Waals surface area contributed by atoms with Gasteiger partial charge in [-0.15, -0.1) is 0 Å². The second-order valence-corrected chi connectivity index (χ2v) is 7.71. The predicted molar refractivity (Wildman–Crippen MR) is 81.0 cm³/mol. The van der Waals surface area contributed by atoms with E-state index in [1.807, 2.05) is 4.90 Å². The van der Waals surface area contributed by atoms with Crippen LogP contribution in [0.25, 0.3) is 0 Å². The lowest BCUT2D eigenvalue weighted by Crippen LogP contribution is -2.45. The van der Waals surface area contributed by atoms with Crippen LogP contribution in [-0.4, -0.2) is 41.6 Å². The van der Waals surface area contributed by atoms with Crippen molar-refractivity contribution in [2.24, 2.45) is 22.7 Å². The fraction of sp³-hybridized carbons (Fsp3) is 0.875. The van der Waals surface area contributed by atoms with Crippen molar-refractivity contribution in [3.63, 3.8) is 0 Å². The zero-order chi connectivity index (χ0) is 15.8. The minimum atomic E-state index is -0.740. The molecule has 2 amide bonds. The van der Waals surface area contributed by atoms with Gasteiger partial charge in [-0.2, -0.15) is 0 Å². The number of nitrogens with one attached hydrogen (secondary N) is 1. The highest BCUT2D eigenvalue weighted by molar-refractivity contribution is 5.74. The van der Waals surface area contributed by atoms with Crippen LogP contribution < -0.4 is 5.32 Å². The topological polar surface area (TPSA) is 69.6 Å². The van der Waals surface area contributed by atoms with Gasteiger partial charge in [-0.05, 0) is 35.5 Å². The second kappa shape index (κ2) is 5.50. The van der Waals surface area contributed by atoms with E-state index < -0.39 is 5.97 Å². The summed E-state index contributed by atoms with van der Waals surface area (Å²) in [6.07, 6.45) is 1.81. The van der Waals surface area contributed by atoms with Crippen molar-refractivity contribution in [3.8, 4) is 0 Å². The molecule has 120 valence electrons. The Hall–Kier alpha value is -1.26. The lowest BCUT2D eigenvalue weighted by atomic mass is 9.94. The molecule has 1 heterocycles. The number of carbonyl (C=O) groups excluding carboxylic acids is 1. The number of carboxylic acid groups (broad SMARTS) is 1. The first-order valence-electron chi connectivity index (χ1n) is 7.91. The number of carbonyl (C=O) groups is 2. The van der Waals surface area contributed by atoms with Crippen molar-refractivity contribution in [2.75, 3.05) is 19.6 Å². The Bertz CT molecular complexity index is 409. The van der Waals surface area contributed by atoms with Gasteiger partial charge in [-0.25, -0.2) is 4.79 Å². The number of hydrogen-bond donors (Lipinski definition) is 2. The Morgan fingerprint density at radius 3 is 2.10 bits per heavy atom. The third kappa shape index (κ3) is 3.16. The summed E-state index contributed by atoms with van der Waals surface area (Å²) >= 11 is 0. The lowest BCUT2D eigenvalue weighted by Gasteiger charge is -2.31. The molecule has 2 fully saturated rings. The number of likely N-dealkylation sites (tertiary alicyclic amines) is 1. The van der Waals surface area contributed by atoms with Gasteiger partial charge < -0.3 is 15.3 Å². The number of piperidine rings is 1. The van der Waals surface area contributed by atoms with Gasteiger partial charge in [0.1, 0.15) is 0 Å². The van der Waals surface area contributed by atoms with Crippen LogP contribution in [0.3, 0.4) is 0 Å². The van der Waals surface area contributed by atoms with Gasteiger partial charge in [0, 0.05) is 26.1 Å². The van der Waals surface area contributed by atoms with E-state index in [1.165, 1.54) is 0 Å². The maximum atomic E-state index is 12.2. The zero-order valence-electron chi connectivity index (χ0n) is 13.6. The Balaban J connectivity index is 1.72. The van der Waals surface area contributed by atoms with Crippen LogP contribution in [0.2, 0.25) is 0 Å². The molecule has 0 radical (unpaired) electrons. The van der Waals surface area contributed by atoms with Crippen LogP contribution in [0.15, 0.2) is 0 Å². The summed E-state index contributed by atoms with van der Waals surface area (Å²) in [7, 11) is 0. The Kier molecular flexibility index (Phi) is 4.22. The summed E-state index contributed by atoms with van der Waals surface area (Å²) < 4.78 is 0. The van der Waals surface area contributed by atoms with Crippen LogP contribution in [-0.2, 0) is 4.79 Å². The van der Waals surface area contributed by atoms with Crippen LogP contribution in [0.5, 0.6) is 0 Å². The molecule has 1 saturated heterocycles. The van der Waals surface area contributed by atoms with Crippen LogP contribution >= 0.6 is 0 Å². The van der Waals surface area contributed by atoms with Gasteiger partial charge >= 0.3 is 12.0 Å². The highest BCUT2D eigenvalue weighted by atomic mass is 16.4. The average molecular weight is 296 g/mol. The molecule has 1 aliphatic carbocycles. The maximum absolute atomic E-state index is 12.2. The number of carboxylic acids is 1. The SMILES string of the molecule is CC1(C)C(CNC(=O)N2CCC(CC(=O)O)CC2)C1(C)C. The summed E-state index contributed by atoms with van der Waals surface area (Å²) in [5.74, 6) is 0.00226. The van der Waals surface area contributed by atoms with E-state index in [0.717, 1.165) is 19.4 Å². The quantitative estimate of drug-likeness (QED) is 0.837. The first-order valence-corrected chi connectivity index (χ1v) is 7.91. The molecular formula is C16H28N2O3. The molecule has 0 aromatic carbocycles. The van der Waals surface area contributed by atoms with Crippen molar-refractivity contribution in [1.29, 1.82) is 0 Å². The minimum Gasteiger partial charge on any atom is -0.481 e. The van der Waals surface area contributed by atoms with Crippen LogP contribution in [0.4, 0.5) is 4.79 Å². The number of hydrogen-bond acceptors (Lipinski definition) is 2. The summed E-state index contributed by atoms with van der Waals surface area (Å²) in [5, 5.41) is 11.9. The predicted octanol–water partition coefficient (Wildman–Crippen LogP) is 2.56. The third-order valence-electron chi connectivity index (χ3n) is 6.14. The van der Waals surface area contributed by atoms with Gasteiger partial charge in [-0.1, -0.05) is 27.7 Å². The molecule has 0 unspecified atom stereocenters. The third-order valence-corrected chi connectivity index (χ3v) is 6.14. The van der Waals surface area contributed by atoms with Gasteiger partial charge in [0.05, 0.1) is 0 Å². The number of amides is 2. The van der Waals surface area contributed by atoms with E-state index in [9.17, 15) is 9.59 Å². The highest BCUT2D eigenvalue weighted by Gasteiger charge is 2.64. The van der Waals surface area contributed by atoms with E-state index in [-0.39, 0.29) is 29.2 Å². The minimum absolute atomic E-state index is 0.00211. The highest BCUT2D eigenvalue weighted by Crippen LogP contribution is 2.67. The largest absolute Gasteiger partial charge is 0.481 e. The first-order chi connectivity index (χ1) is 9.66. The van der Waals surface area contributed by atoms with E-state index in [0.29, 0.717) is 19.0 Å². The molecule has 0 bridgehead atoms. The van der Waals surface area contributed by atoms with E-state index >= 15 is 0 Å². The van der Waals surface area contributed by atoms with Crippen molar-refractivity contribution >= 4 is 12.0 Å². The molecule has 2 rings (SSSR count). The summed E-state index contributed by atoms with van der Waals surface area (Å²) in [6.45, 7) is 11.1. The van der Waals surface area contributed by atoms with Gasteiger partial charge in [0.2, 0.25) is 0 Å². The number of urea groups is 1. The number of aliphatic carboxylic acids is 1. The Morgan fingerprint density at radius 2 is 1.67 bits per heavy atom. The second-order valence-electron chi connectivity index (χ2n) is 7.71. The molecule has 0 aromatic rings. The monoisotopic (exact) mass is 296 g/mol. The molecule has 21 heavy (non-hydrogen) atoms. The maximum Gasteiger partial charge on any atom is 0.317 e. The number of rotatable bonds is 4. The lowest BCUT2D eigenvalue weighted by molar-refractivity contribution is -0.138. The van der Waals surface area contributed by atoms with Crippen molar-refractivity contribution in [2.45, 2.75) is 47.0 Å². The molecule has 2 N–H and O–H groups in total. The van der Waals surface area contributed by atoms with E-state index in [2.05, 4.69) is 33.0 Å². The zero-order valence-corrected chi connectivity index (χ0v) is 13.6. The summed E-state index contributed by atoms with van der Waals surface area (Å²) in [6, 6.07) is 0.00211. The van der Waals surface area contributed by atoms with Crippen molar-refractivity contribution in [1.82, 2.24) is 10.2 Å². The van der Waals surface area contributed by atoms with Crippen molar-refractivity contribution < 1.29 is 14.7 Å². The van der Waals surface area contributed by atoms with Gasteiger partial charge in [0.25, 0.3) is 0 Å². The van der Waals surface area contributed by atoms with Crippen LogP contribution in [0, 0.1) is 22.7 Å². The molecule has 0 atom stereocenters. The molecule has 0 aromatic heterocycles. The molecular weight excluding hydrogens is 268 g/mol. The average Bonchev–Trinajstić information content (AvgIpc) is 2.77. The van der Waals surface area contributed by atoms with Crippen molar-refractivity contribution in [3.05, 3.63) is 0 Å². The van der Waals surface area contributed by atoms with Gasteiger partial charge in [-0.3, -0.25) is 4.79 Å².